The van der Waals surface area contributed by atoms with Crippen molar-refractivity contribution in [2.24, 2.45) is 0 Å². The lowest BCUT2D eigenvalue weighted by atomic mass is 9.73. The maximum absolute atomic E-state index is 13.5. The van der Waals surface area contributed by atoms with E-state index >= 15 is 0 Å². The highest BCUT2D eigenvalue weighted by atomic mass is 16.5. The molecule has 1 aliphatic rings. The van der Waals surface area contributed by atoms with E-state index in [0.717, 1.165) is 16.8 Å². The number of fused-ring (bicyclic) bond motifs is 1. The zero-order valence-corrected chi connectivity index (χ0v) is 16.5. The first-order valence-corrected chi connectivity index (χ1v) is 9.56. The first-order chi connectivity index (χ1) is 14.0. The van der Waals surface area contributed by atoms with Gasteiger partial charge in [0.15, 0.2) is 0 Å². The van der Waals surface area contributed by atoms with E-state index in [1.807, 2.05) is 54.6 Å². The van der Waals surface area contributed by atoms with Gasteiger partial charge in [-0.1, -0.05) is 53.7 Å². The van der Waals surface area contributed by atoms with E-state index < -0.39 is 5.41 Å². The van der Waals surface area contributed by atoms with Gasteiger partial charge in [0.05, 0.1) is 12.0 Å². The SMILES string of the molecule is CN(Cc1ccon1)C(=O)C[C@@]1(Cc2ccccc2)C(=O)N(C)c2ccccc21. The number of amides is 2. The molecule has 0 unspecified atom stereocenters. The Morgan fingerprint density at radius 1 is 1.10 bits per heavy atom. The van der Waals surface area contributed by atoms with Crippen molar-refractivity contribution in [3.63, 3.8) is 0 Å². The first kappa shape index (κ1) is 18.9. The molecule has 2 amide bonds. The summed E-state index contributed by atoms with van der Waals surface area (Å²) in [6.45, 7) is 0.336. The fourth-order valence-corrected chi connectivity index (χ4v) is 4.11. The Balaban J connectivity index is 1.70. The largest absolute Gasteiger partial charge is 0.364 e. The summed E-state index contributed by atoms with van der Waals surface area (Å²) >= 11 is 0. The minimum absolute atomic E-state index is 0.0502. The number of nitrogens with zero attached hydrogens (tertiary/aromatic N) is 3. The number of hydrogen-bond donors (Lipinski definition) is 0. The number of carbonyl (C=O) groups is 2. The maximum Gasteiger partial charge on any atom is 0.238 e. The number of benzene rings is 2. The van der Waals surface area contributed by atoms with Crippen LogP contribution in [0.5, 0.6) is 0 Å². The average Bonchev–Trinajstić information content (AvgIpc) is 3.31. The number of anilines is 1. The van der Waals surface area contributed by atoms with Crippen LogP contribution >= 0.6 is 0 Å². The predicted molar refractivity (Wildman–Crippen MR) is 109 cm³/mol. The topological polar surface area (TPSA) is 66.7 Å². The molecule has 1 atom stereocenters. The predicted octanol–water partition coefficient (Wildman–Crippen LogP) is 3.18. The molecule has 0 saturated carbocycles. The molecular formula is C23H23N3O3. The number of aromatic nitrogens is 1. The van der Waals surface area contributed by atoms with Crippen LogP contribution in [0.15, 0.2) is 71.4 Å². The second-order valence-corrected chi connectivity index (χ2v) is 7.54. The number of hydrogen-bond acceptors (Lipinski definition) is 4. The Kier molecular flexibility index (Phi) is 4.92. The lowest BCUT2D eigenvalue weighted by Gasteiger charge is -2.30. The van der Waals surface area contributed by atoms with E-state index in [0.29, 0.717) is 18.7 Å². The van der Waals surface area contributed by atoms with E-state index in [4.69, 9.17) is 4.52 Å². The van der Waals surface area contributed by atoms with Crippen LogP contribution < -0.4 is 4.90 Å². The molecule has 0 fully saturated rings. The van der Waals surface area contributed by atoms with Gasteiger partial charge in [0.25, 0.3) is 0 Å². The molecule has 0 spiro atoms. The summed E-state index contributed by atoms with van der Waals surface area (Å²) in [7, 11) is 3.50. The number of rotatable bonds is 6. The third-order valence-electron chi connectivity index (χ3n) is 5.61. The van der Waals surface area contributed by atoms with Gasteiger partial charge in [-0.25, -0.2) is 0 Å². The van der Waals surface area contributed by atoms with Gasteiger partial charge in [-0.05, 0) is 23.6 Å². The average molecular weight is 389 g/mol. The van der Waals surface area contributed by atoms with Crippen LogP contribution in [-0.2, 0) is 28.0 Å². The van der Waals surface area contributed by atoms with E-state index in [-0.39, 0.29) is 18.2 Å². The number of likely N-dealkylation sites (N-methyl/N-ethyl adjacent to an activating group) is 1. The van der Waals surface area contributed by atoms with Crippen LogP contribution in [-0.4, -0.2) is 36.0 Å². The van der Waals surface area contributed by atoms with Gasteiger partial charge in [-0.15, -0.1) is 0 Å². The fraction of sp³-hybridized carbons (Fsp3) is 0.261. The number of carbonyl (C=O) groups excluding carboxylic acids is 2. The van der Waals surface area contributed by atoms with Crippen molar-refractivity contribution >= 4 is 17.5 Å². The van der Waals surface area contributed by atoms with Crippen molar-refractivity contribution in [1.82, 2.24) is 10.1 Å². The lowest BCUT2D eigenvalue weighted by Crippen LogP contribution is -2.44. The van der Waals surface area contributed by atoms with Gasteiger partial charge in [0, 0.05) is 32.3 Å². The van der Waals surface area contributed by atoms with Crippen LogP contribution in [0.2, 0.25) is 0 Å². The molecule has 6 nitrogen and oxygen atoms in total. The molecule has 2 heterocycles. The van der Waals surface area contributed by atoms with Crippen molar-refractivity contribution in [3.8, 4) is 0 Å². The molecule has 4 rings (SSSR count). The molecule has 2 aromatic carbocycles. The molecule has 0 saturated heterocycles. The molecule has 1 aromatic heterocycles. The summed E-state index contributed by atoms with van der Waals surface area (Å²) in [5.74, 6) is -0.159. The maximum atomic E-state index is 13.5. The van der Waals surface area contributed by atoms with E-state index in [1.54, 1.807) is 30.0 Å². The molecule has 1 aliphatic heterocycles. The lowest BCUT2D eigenvalue weighted by molar-refractivity contribution is -0.135. The van der Waals surface area contributed by atoms with E-state index in [2.05, 4.69) is 5.16 Å². The van der Waals surface area contributed by atoms with Gasteiger partial charge in [-0.3, -0.25) is 9.59 Å². The first-order valence-electron chi connectivity index (χ1n) is 9.56. The van der Waals surface area contributed by atoms with Crippen LogP contribution in [0.4, 0.5) is 5.69 Å². The highest BCUT2D eigenvalue weighted by molar-refractivity contribution is 6.09. The molecule has 29 heavy (non-hydrogen) atoms. The smallest absolute Gasteiger partial charge is 0.238 e. The fourth-order valence-electron chi connectivity index (χ4n) is 4.11. The minimum Gasteiger partial charge on any atom is -0.364 e. The Labute approximate surface area is 169 Å². The van der Waals surface area contributed by atoms with Gasteiger partial charge in [0.2, 0.25) is 11.8 Å². The van der Waals surface area contributed by atoms with Gasteiger partial charge in [-0.2, -0.15) is 0 Å². The third-order valence-corrected chi connectivity index (χ3v) is 5.61. The summed E-state index contributed by atoms with van der Waals surface area (Å²) in [6, 6.07) is 19.3. The Morgan fingerprint density at radius 2 is 1.83 bits per heavy atom. The van der Waals surface area contributed by atoms with Crippen molar-refractivity contribution in [2.75, 3.05) is 19.0 Å². The van der Waals surface area contributed by atoms with Crippen molar-refractivity contribution in [1.29, 1.82) is 0 Å². The Bertz CT molecular complexity index is 1020. The summed E-state index contributed by atoms with van der Waals surface area (Å²) < 4.78 is 4.86. The zero-order chi connectivity index (χ0) is 20.4. The summed E-state index contributed by atoms with van der Waals surface area (Å²) in [4.78, 5) is 29.9. The minimum atomic E-state index is -0.929. The standard InChI is InChI=1S/C23H23N3O3/c1-25(16-18-12-13-29-24-18)21(27)15-23(14-17-8-4-3-5-9-17)19-10-6-7-11-20(19)26(2)22(23)28/h3-13H,14-16H2,1-2H3/t23-/m1/s1. The second-order valence-electron chi connectivity index (χ2n) is 7.54. The van der Waals surface area contributed by atoms with Crippen molar-refractivity contribution in [3.05, 3.63) is 83.7 Å². The quantitative estimate of drug-likeness (QED) is 0.649. The van der Waals surface area contributed by atoms with Gasteiger partial charge >= 0.3 is 0 Å². The molecule has 148 valence electrons. The molecular weight excluding hydrogens is 366 g/mol. The Hall–Kier alpha value is -3.41. The van der Waals surface area contributed by atoms with E-state index in [1.165, 1.54) is 6.26 Å². The van der Waals surface area contributed by atoms with E-state index in [9.17, 15) is 9.59 Å². The summed E-state index contributed by atoms with van der Waals surface area (Å²) in [5.41, 5.74) is 2.54. The van der Waals surface area contributed by atoms with Crippen LogP contribution in [0, 0.1) is 0 Å². The highest BCUT2D eigenvalue weighted by Crippen LogP contribution is 2.45. The molecule has 0 bridgehead atoms. The summed E-state index contributed by atoms with van der Waals surface area (Å²) in [5, 5.41) is 3.87. The number of para-hydroxylation sites is 1. The van der Waals surface area contributed by atoms with Crippen LogP contribution in [0.25, 0.3) is 0 Å². The molecule has 0 radical (unpaired) electrons. The highest BCUT2D eigenvalue weighted by Gasteiger charge is 2.51. The van der Waals surface area contributed by atoms with Gasteiger partial charge in [0.1, 0.15) is 12.0 Å². The van der Waals surface area contributed by atoms with Crippen molar-refractivity contribution < 1.29 is 14.1 Å². The monoisotopic (exact) mass is 389 g/mol. The second kappa shape index (κ2) is 7.54. The molecule has 0 N–H and O–H groups in total. The van der Waals surface area contributed by atoms with Gasteiger partial charge < -0.3 is 14.3 Å². The molecule has 0 aliphatic carbocycles. The zero-order valence-electron chi connectivity index (χ0n) is 16.5. The normalized spacial score (nSPS) is 18.0. The summed E-state index contributed by atoms with van der Waals surface area (Å²) in [6.07, 6.45) is 2.05. The molecule has 3 aromatic rings. The third kappa shape index (κ3) is 3.42. The van der Waals surface area contributed by atoms with Crippen LogP contribution in [0.1, 0.15) is 23.2 Å². The Morgan fingerprint density at radius 3 is 2.55 bits per heavy atom. The van der Waals surface area contributed by atoms with Crippen LogP contribution in [0.3, 0.4) is 0 Å². The van der Waals surface area contributed by atoms with Crippen molar-refractivity contribution in [2.45, 2.75) is 24.8 Å². The molecule has 6 heteroatoms.